The lowest BCUT2D eigenvalue weighted by Crippen LogP contribution is -1.98. The largest absolute Gasteiger partial charge is 0.493 e. The lowest BCUT2D eigenvalue weighted by molar-refractivity contribution is 0.355. The molecule has 0 unspecified atom stereocenters. The Bertz CT molecular complexity index is 824. The summed E-state index contributed by atoms with van der Waals surface area (Å²) in [6.07, 6.45) is 0. The van der Waals surface area contributed by atoms with Gasteiger partial charge in [0.15, 0.2) is 11.5 Å². The number of nitrogens with two attached hydrogens (primary N) is 1. The standard InChI is InChI=1S/C17H19N3O2/c1-4-20-14-10-16(22-3)15(21-2)9-13(14)19-17(20)11-6-5-7-12(18)8-11/h5-10H,4,18H2,1-3H3. The zero-order valence-corrected chi connectivity index (χ0v) is 13.0. The molecule has 3 rings (SSSR count). The Morgan fingerprint density at radius 1 is 1.09 bits per heavy atom. The normalized spacial score (nSPS) is 10.9. The fourth-order valence-electron chi connectivity index (χ4n) is 2.67. The first-order chi connectivity index (χ1) is 10.7. The average Bonchev–Trinajstić information content (AvgIpc) is 2.90. The predicted octanol–water partition coefficient (Wildman–Crippen LogP) is 3.32. The van der Waals surface area contributed by atoms with Crippen molar-refractivity contribution in [2.24, 2.45) is 0 Å². The molecule has 0 spiro atoms. The molecule has 1 heterocycles. The highest BCUT2D eigenvalue weighted by atomic mass is 16.5. The van der Waals surface area contributed by atoms with E-state index >= 15 is 0 Å². The molecule has 0 atom stereocenters. The second kappa shape index (κ2) is 5.60. The zero-order chi connectivity index (χ0) is 15.7. The summed E-state index contributed by atoms with van der Waals surface area (Å²) in [5.41, 5.74) is 9.50. The topological polar surface area (TPSA) is 62.3 Å². The summed E-state index contributed by atoms with van der Waals surface area (Å²) < 4.78 is 12.9. The molecule has 0 amide bonds. The summed E-state index contributed by atoms with van der Waals surface area (Å²) in [4.78, 5) is 4.75. The molecule has 0 fully saturated rings. The second-order valence-electron chi connectivity index (χ2n) is 5.00. The van der Waals surface area contributed by atoms with Gasteiger partial charge in [-0.1, -0.05) is 12.1 Å². The van der Waals surface area contributed by atoms with Crippen LogP contribution in [0.4, 0.5) is 5.69 Å². The minimum absolute atomic E-state index is 0.676. The maximum atomic E-state index is 5.90. The van der Waals surface area contributed by atoms with E-state index in [0.29, 0.717) is 11.5 Å². The fourth-order valence-corrected chi connectivity index (χ4v) is 2.67. The molecule has 2 aromatic carbocycles. The second-order valence-corrected chi connectivity index (χ2v) is 5.00. The molecule has 5 heteroatoms. The summed E-state index contributed by atoms with van der Waals surface area (Å²) in [6, 6.07) is 11.6. The maximum absolute atomic E-state index is 5.90. The van der Waals surface area contributed by atoms with Crippen molar-refractivity contribution in [3.05, 3.63) is 36.4 Å². The smallest absolute Gasteiger partial charge is 0.163 e. The van der Waals surface area contributed by atoms with E-state index in [9.17, 15) is 0 Å². The van der Waals surface area contributed by atoms with Gasteiger partial charge < -0.3 is 19.8 Å². The van der Waals surface area contributed by atoms with Crippen LogP contribution in [0.5, 0.6) is 11.5 Å². The Morgan fingerprint density at radius 2 is 1.82 bits per heavy atom. The van der Waals surface area contributed by atoms with Crippen LogP contribution in [-0.4, -0.2) is 23.8 Å². The van der Waals surface area contributed by atoms with E-state index in [1.54, 1.807) is 14.2 Å². The number of nitrogens with zero attached hydrogens (tertiary/aromatic N) is 2. The molecule has 0 radical (unpaired) electrons. The highest BCUT2D eigenvalue weighted by molar-refractivity contribution is 5.84. The molecule has 2 N–H and O–H groups in total. The van der Waals surface area contributed by atoms with Gasteiger partial charge in [-0.15, -0.1) is 0 Å². The monoisotopic (exact) mass is 297 g/mol. The van der Waals surface area contributed by atoms with Gasteiger partial charge in [-0.3, -0.25) is 0 Å². The van der Waals surface area contributed by atoms with E-state index in [0.717, 1.165) is 34.7 Å². The van der Waals surface area contributed by atoms with Gasteiger partial charge in [-0.05, 0) is 19.1 Å². The molecule has 1 aromatic heterocycles. The van der Waals surface area contributed by atoms with Crippen LogP contribution in [0.25, 0.3) is 22.4 Å². The van der Waals surface area contributed by atoms with Crippen molar-refractivity contribution >= 4 is 16.7 Å². The van der Waals surface area contributed by atoms with Crippen molar-refractivity contribution in [1.82, 2.24) is 9.55 Å². The van der Waals surface area contributed by atoms with Crippen LogP contribution in [0, 0.1) is 0 Å². The number of ether oxygens (including phenoxy) is 2. The summed E-state index contributed by atoms with van der Waals surface area (Å²) in [6.45, 7) is 2.89. The van der Waals surface area contributed by atoms with Crippen molar-refractivity contribution in [3.8, 4) is 22.9 Å². The molecule has 0 aliphatic heterocycles. The first-order valence-electron chi connectivity index (χ1n) is 7.16. The Kier molecular flexibility index (Phi) is 3.63. The SMILES string of the molecule is CCn1c(-c2cccc(N)c2)nc2cc(OC)c(OC)cc21. The number of hydrogen-bond donors (Lipinski definition) is 1. The number of imidazole rings is 1. The van der Waals surface area contributed by atoms with Crippen molar-refractivity contribution in [3.63, 3.8) is 0 Å². The molecule has 0 aliphatic rings. The molecule has 0 aliphatic carbocycles. The molecule has 22 heavy (non-hydrogen) atoms. The van der Waals surface area contributed by atoms with Gasteiger partial charge in [0, 0.05) is 29.9 Å². The number of fused-ring (bicyclic) bond motifs is 1. The van der Waals surface area contributed by atoms with Gasteiger partial charge in [0.1, 0.15) is 5.82 Å². The Labute approximate surface area is 129 Å². The van der Waals surface area contributed by atoms with E-state index in [2.05, 4.69) is 11.5 Å². The van der Waals surface area contributed by atoms with E-state index in [4.69, 9.17) is 20.2 Å². The molecular weight excluding hydrogens is 278 g/mol. The zero-order valence-electron chi connectivity index (χ0n) is 13.0. The van der Waals surface area contributed by atoms with Gasteiger partial charge in [0.2, 0.25) is 0 Å². The first kappa shape index (κ1) is 14.3. The number of aromatic nitrogens is 2. The quantitative estimate of drug-likeness (QED) is 0.750. The molecular formula is C17H19N3O2. The van der Waals surface area contributed by atoms with Gasteiger partial charge in [-0.25, -0.2) is 4.98 Å². The number of benzene rings is 2. The fraction of sp³-hybridized carbons (Fsp3) is 0.235. The number of hydrogen-bond acceptors (Lipinski definition) is 4. The van der Waals surface area contributed by atoms with Gasteiger partial charge in [0.25, 0.3) is 0 Å². The van der Waals surface area contributed by atoms with Gasteiger partial charge >= 0.3 is 0 Å². The van der Waals surface area contributed by atoms with Crippen molar-refractivity contribution in [1.29, 1.82) is 0 Å². The van der Waals surface area contributed by atoms with Crippen LogP contribution in [0.2, 0.25) is 0 Å². The van der Waals surface area contributed by atoms with Crippen LogP contribution in [0.1, 0.15) is 6.92 Å². The maximum Gasteiger partial charge on any atom is 0.163 e. The third-order valence-electron chi connectivity index (χ3n) is 3.71. The first-order valence-corrected chi connectivity index (χ1v) is 7.16. The van der Waals surface area contributed by atoms with E-state index < -0.39 is 0 Å². The number of aryl methyl sites for hydroxylation is 1. The number of anilines is 1. The molecule has 0 saturated heterocycles. The molecule has 5 nitrogen and oxygen atoms in total. The molecule has 0 saturated carbocycles. The number of nitrogen functional groups attached to an aromatic ring is 1. The van der Waals surface area contributed by atoms with Crippen LogP contribution in [0.3, 0.4) is 0 Å². The summed E-state index contributed by atoms with van der Waals surface area (Å²) in [7, 11) is 3.26. The van der Waals surface area contributed by atoms with Crippen molar-refractivity contribution in [2.75, 3.05) is 20.0 Å². The third-order valence-corrected chi connectivity index (χ3v) is 3.71. The highest BCUT2D eigenvalue weighted by Crippen LogP contribution is 2.34. The summed E-state index contributed by atoms with van der Waals surface area (Å²) in [5, 5.41) is 0. The van der Waals surface area contributed by atoms with Crippen LogP contribution in [0.15, 0.2) is 36.4 Å². The van der Waals surface area contributed by atoms with Gasteiger partial charge in [-0.2, -0.15) is 0 Å². The number of methoxy groups -OCH3 is 2. The minimum Gasteiger partial charge on any atom is -0.493 e. The average molecular weight is 297 g/mol. The molecule has 0 bridgehead atoms. The Morgan fingerprint density at radius 3 is 2.45 bits per heavy atom. The summed E-state index contributed by atoms with van der Waals surface area (Å²) in [5.74, 6) is 2.26. The van der Waals surface area contributed by atoms with E-state index in [1.165, 1.54) is 0 Å². The molecule has 3 aromatic rings. The molecule has 114 valence electrons. The van der Waals surface area contributed by atoms with Crippen molar-refractivity contribution < 1.29 is 9.47 Å². The number of rotatable bonds is 4. The lowest BCUT2D eigenvalue weighted by atomic mass is 10.2. The van der Waals surface area contributed by atoms with Crippen LogP contribution >= 0.6 is 0 Å². The lowest BCUT2D eigenvalue weighted by Gasteiger charge is -2.09. The Balaban J connectivity index is 2.27. The van der Waals surface area contributed by atoms with Crippen LogP contribution < -0.4 is 15.2 Å². The Hall–Kier alpha value is -2.69. The van der Waals surface area contributed by atoms with E-state index in [1.807, 2.05) is 36.4 Å². The minimum atomic E-state index is 0.676. The van der Waals surface area contributed by atoms with Crippen LogP contribution in [-0.2, 0) is 6.54 Å². The van der Waals surface area contributed by atoms with Gasteiger partial charge in [0.05, 0.1) is 25.3 Å². The third kappa shape index (κ3) is 2.24. The van der Waals surface area contributed by atoms with Crippen molar-refractivity contribution in [2.45, 2.75) is 13.5 Å². The van der Waals surface area contributed by atoms with E-state index in [-0.39, 0.29) is 0 Å². The highest BCUT2D eigenvalue weighted by Gasteiger charge is 2.15. The predicted molar refractivity (Wildman–Crippen MR) is 88.4 cm³/mol. The summed E-state index contributed by atoms with van der Waals surface area (Å²) >= 11 is 0.